The van der Waals surface area contributed by atoms with E-state index >= 15 is 0 Å². The van der Waals surface area contributed by atoms with Crippen molar-refractivity contribution in [3.05, 3.63) is 72.9 Å². The van der Waals surface area contributed by atoms with Gasteiger partial charge in [0.2, 0.25) is 0 Å². The third-order valence-corrected chi connectivity index (χ3v) is 8.70. The fourth-order valence-corrected chi connectivity index (χ4v) is 5.53. The molecule has 298 valence electrons. The van der Waals surface area contributed by atoms with Crippen molar-refractivity contribution in [2.45, 2.75) is 174 Å². The standard InChI is InChI=1S/C43H73O8P/c1-3-5-7-9-11-13-15-17-19-20-21-22-24-26-28-30-32-34-36-38-43(45)51-41(40-50-52(46,47)48)39-49-42(44)37-35-33-31-29-27-25-23-18-16-14-12-10-8-6-4-2/h11,13-14,16-17,19,21-22,26,28,32,34,41H,3-10,12,15,18,20,23-25,27,29-31,33,35-40H2,1-2H3,(H2,46,47,48)/b13-11-,16-14-,19-17-,22-21-,28-26-,34-32-/t41-/m1/s1. The zero-order chi connectivity index (χ0) is 38.2. The zero-order valence-corrected chi connectivity index (χ0v) is 33.6. The van der Waals surface area contributed by atoms with Gasteiger partial charge in [-0.2, -0.15) is 0 Å². The Bertz CT molecular complexity index is 1070. The highest BCUT2D eigenvalue weighted by molar-refractivity contribution is 7.46. The van der Waals surface area contributed by atoms with E-state index in [0.29, 0.717) is 12.8 Å². The number of carbonyl (C=O) groups is 2. The summed E-state index contributed by atoms with van der Waals surface area (Å²) >= 11 is 0. The van der Waals surface area contributed by atoms with Gasteiger partial charge >= 0.3 is 19.8 Å². The van der Waals surface area contributed by atoms with Crippen molar-refractivity contribution in [3.8, 4) is 0 Å². The van der Waals surface area contributed by atoms with Gasteiger partial charge in [-0.25, -0.2) is 4.57 Å². The molecule has 0 aliphatic rings. The topological polar surface area (TPSA) is 119 Å². The highest BCUT2D eigenvalue weighted by Crippen LogP contribution is 2.36. The number of hydrogen-bond donors (Lipinski definition) is 2. The molecule has 0 saturated carbocycles. The molecule has 0 fully saturated rings. The largest absolute Gasteiger partial charge is 0.469 e. The second kappa shape index (κ2) is 38.2. The lowest BCUT2D eigenvalue weighted by Crippen LogP contribution is -2.29. The van der Waals surface area contributed by atoms with Crippen molar-refractivity contribution < 1.29 is 37.9 Å². The summed E-state index contributed by atoms with van der Waals surface area (Å²) in [5.41, 5.74) is 0. The Kier molecular flexibility index (Phi) is 36.4. The van der Waals surface area contributed by atoms with Crippen LogP contribution < -0.4 is 0 Å². The highest BCUT2D eigenvalue weighted by atomic mass is 31.2. The van der Waals surface area contributed by atoms with Crippen LogP contribution in [0.2, 0.25) is 0 Å². The first-order chi connectivity index (χ1) is 25.3. The lowest BCUT2D eigenvalue weighted by Gasteiger charge is -2.18. The number of carbonyl (C=O) groups excluding carboxylic acids is 2. The number of allylic oxidation sites excluding steroid dienone is 12. The molecule has 0 radical (unpaired) electrons. The van der Waals surface area contributed by atoms with Gasteiger partial charge in [0, 0.05) is 12.8 Å². The summed E-state index contributed by atoms with van der Waals surface area (Å²) in [4.78, 5) is 42.7. The second-order valence-corrected chi connectivity index (χ2v) is 14.5. The first kappa shape index (κ1) is 49.5. The van der Waals surface area contributed by atoms with Crippen LogP contribution in [0.25, 0.3) is 0 Å². The van der Waals surface area contributed by atoms with E-state index in [2.05, 4.69) is 79.1 Å². The molecule has 9 heteroatoms. The normalized spacial score (nSPS) is 13.2. The van der Waals surface area contributed by atoms with Crippen molar-refractivity contribution in [2.75, 3.05) is 13.2 Å². The lowest BCUT2D eigenvalue weighted by atomic mass is 10.1. The first-order valence-corrected chi connectivity index (χ1v) is 21.8. The van der Waals surface area contributed by atoms with Gasteiger partial charge < -0.3 is 19.3 Å². The third kappa shape index (κ3) is 40.3. The SMILES string of the molecule is CCCCC/C=C\C/C=C\C/C=C\C/C=C\C/C=C\CCC(=O)O[C@H](COC(=O)CCCCCCCCC/C=C\CCCCCC)COP(=O)(O)O. The van der Waals surface area contributed by atoms with Crippen molar-refractivity contribution in [2.24, 2.45) is 0 Å². The number of ether oxygens (including phenoxy) is 2. The Labute approximate surface area is 317 Å². The molecule has 0 rings (SSSR count). The van der Waals surface area contributed by atoms with E-state index < -0.39 is 32.5 Å². The first-order valence-electron chi connectivity index (χ1n) is 20.2. The van der Waals surface area contributed by atoms with Gasteiger partial charge in [0.05, 0.1) is 6.61 Å². The van der Waals surface area contributed by atoms with Gasteiger partial charge in [0.25, 0.3) is 0 Å². The molecule has 0 heterocycles. The van der Waals surface area contributed by atoms with Gasteiger partial charge in [0.15, 0.2) is 6.10 Å². The molecule has 0 amide bonds. The minimum atomic E-state index is -4.78. The molecule has 0 unspecified atom stereocenters. The number of phosphoric acid groups is 1. The molecular formula is C43H73O8P. The fraction of sp³-hybridized carbons (Fsp3) is 0.674. The molecule has 0 bridgehead atoms. The highest BCUT2D eigenvalue weighted by Gasteiger charge is 2.22. The van der Waals surface area contributed by atoms with E-state index in [4.69, 9.17) is 19.3 Å². The monoisotopic (exact) mass is 749 g/mol. The van der Waals surface area contributed by atoms with Crippen LogP contribution in [0.15, 0.2) is 72.9 Å². The summed E-state index contributed by atoms with van der Waals surface area (Å²) in [5, 5.41) is 0. The smallest absolute Gasteiger partial charge is 0.462 e. The average Bonchev–Trinajstić information content (AvgIpc) is 3.11. The molecule has 1 atom stereocenters. The molecule has 8 nitrogen and oxygen atoms in total. The molecule has 0 aliphatic carbocycles. The van der Waals surface area contributed by atoms with Crippen molar-refractivity contribution in [3.63, 3.8) is 0 Å². The Balaban J connectivity index is 4.09. The van der Waals surface area contributed by atoms with Crippen LogP contribution >= 0.6 is 7.82 Å². The minimum Gasteiger partial charge on any atom is -0.462 e. The number of phosphoric ester groups is 1. The molecular weight excluding hydrogens is 675 g/mol. The summed E-state index contributed by atoms with van der Waals surface area (Å²) in [6, 6.07) is 0. The summed E-state index contributed by atoms with van der Waals surface area (Å²) in [6.07, 6.45) is 49.2. The van der Waals surface area contributed by atoms with Crippen LogP contribution in [0, 0.1) is 0 Å². The van der Waals surface area contributed by atoms with Crippen LogP contribution in [0.5, 0.6) is 0 Å². The quantitative estimate of drug-likeness (QED) is 0.0281. The Morgan fingerprint density at radius 1 is 0.500 bits per heavy atom. The van der Waals surface area contributed by atoms with E-state index in [9.17, 15) is 14.2 Å². The van der Waals surface area contributed by atoms with E-state index in [1.54, 1.807) is 0 Å². The summed E-state index contributed by atoms with van der Waals surface area (Å²) < 4.78 is 26.3. The van der Waals surface area contributed by atoms with Gasteiger partial charge in [-0.05, 0) is 77.0 Å². The van der Waals surface area contributed by atoms with Gasteiger partial charge in [-0.15, -0.1) is 0 Å². The Morgan fingerprint density at radius 3 is 1.42 bits per heavy atom. The maximum absolute atomic E-state index is 12.4. The van der Waals surface area contributed by atoms with Crippen LogP contribution in [-0.4, -0.2) is 41.0 Å². The third-order valence-electron chi connectivity index (χ3n) is 8.21. The number of hydrogen-bond acceptors (Lipinski definition) is 6. The Morgan fingerprint density at radius 2 is 0.904 bits per heavy atom. The van der Waals surface area contributed by atoms with Gasteiger partial charge in [-0.1, -0.05) is 151 Å². The number of esters is 2. The number of rotatable bonds is 36. The molecule has 0 aliphatic heterocycles. The van der Waals surface area contributed by atoms with Crippen molar-refractivity contribution in [1.29, 1.82) is 0 Å². The summed E-state index contributed by atoms with van der Waals surface area (Å²) in [6.45, 7) is 3.57. The maximum atomic E-state index is 12.4. The predicted octanol–water partition coefficient (Wildman–Crippen LogP) is 12.3. The molecule has 0 saturated heterocycles. The van der Waals surface area contributed by atoms with Crippen LogP contribution in [0.3, 0.4) is 0 Å². The van der Waals surface area contributed by atoms with Crippen LogP contribution in [0.1, 0.15) is 168 Å². The fourth-order valence-electron chi connectivity index (χ4n) is 5.17. The van der Waals surface area contributed by atoms with Crippen molar-refractivity contribution >= 4 is 19.8 Å². The zero-order valence-electron chi connectivity index (χ0n) is 32.7. The second-order valence-electron chi connectivity index (χ2n) is 13.2. The molecule has 0 aromatic heterocycles. The average molecular weight is 749 g/mol. The van der Waals surface area contributed by atoms with E-state index in [0.717, 1.165) is 51.4 Å². The van der Waals surface area contributed by atoms with Crippen LogP contribution in [0.4, 0.5) is 0 Å². The van der Waals surface area contributed by atoms with Gasteiger partial charge in [-0.3, -0.25) is 14.1 Å². The van der Waals surface area contributed by atoms with E-state index in [-0.39, 0.29) is 19.4 Å². The summed E-state index contributed by atoms with van der Waals surface area (Å²) in [5.74, 6) is -0.991. The van der Waals surface area contributed by atoms with Gasteiger partial charge in [0.1, 0.15) is 6.61 Å². The molecule has 0 aromatic rings. The lowest BCUT2D eigenvalue weighted by molar-refractivity contribution is -0.161. The minimum absolute atomic E-state index is 0.0846. The molecule has 0 aromatic carbocycles. The summed E-state index contributed by atoms with van der Waals surface area (Å²) in [7, 11) is -4.78. The molecule has 2 N–H and O–H groups in total. The van der Waals surface area contributed by atoms with Crippen molar-refractivity contribution in [1.82, 2.24) is 0 Å². The molecule has 52 heavy (non-hydrogen) atoms. The van der Waals surface area contributed by atoms with E-state index in [1.165, 1.54) is 77.0 Å². The maximum Gasteiger partial charge on any atom is 0.469 e. The molecule has 0 spiro atoms. The number of unbranched alkanes of at least 4 members (excludes halogenated alkanes) is 14. The van der Waals surface area contributed by atoms with Crippen LogP contribution in [-0.2, 0) is 28.2 Å². The van der Waals surface area contributed by atoms with E-state index in [1.807, 2.05) is 12.2 Å². The Hall–Kier alpha value is -2.51. The predicted molar refractivity (Wildman–Crippen MR) is 216 cm³/mol.